The fraction of sp³-hybridized carbons (Fsp3) is 0.600. The van der Waals surface area contributed by atoms with E-state index >= 15 is 0 Å². The molecule has 0 bridgehead atoms. The maximum absolute atomic E-state index is 13.0. The molecule has 0 spiro atoms. The zero-order valence-corrected chi connectivity index (χ0v) is 18.6. The van der Waals surface area contributed by atoms with Gasteiger partial charge < -0.3 is 9.47 Å². The minimum Gasteiger partial charge on any atom is -0.469 e. The van der Waals surface area contributed by atoms with Crippen molar-refractivity contribution in [3.05, 3.63) is 35.5 Å². The Kier molecular flexibility index (Phi) is 5.31. The third kappa shape index (κ3) is 3.31. The number of methoxy groups -OCH3 is 1. The minimum atomic E-state index is -0.483. The minimum absolute atomic E-state index is 0.00192. The number of ether oxygens (including phenoxy) is 2. The molecule has 4 aliphatic rings. The van der Waals surface area contributed by atoms with Crippen LogP contribution >= 0.6 is 0 Å². The summed E-state index contributed by atoms with van der Waals surface area (Å²) in [5.41, 5.74) is 0.924. The Balaban J connectivity index is 1.72. The molecule has 6 atom stereocenters. The molecule has 2 fully saturated rings. The maximum atomic E-state index is 13.0. The van der Waals surface area contributed by atoms with Gasteiger partial charge in [0, 0.05) is 23.3 Å². The van der Waals surface area contributed by atoms with Crippen LogP contribution in [0.2, 0.25) is 0 Å². The molecule has 0 N–H and O–H groups in total. The Morgan fingerprint density at radius 3 is 2.65 bits per heavy atom. The van der Waals surface area contributed by atoms with Crippen LogP contribution in [-0.2, 0) is 28.7 Å². The van der Waals surface area contributed by atoms with E-state index in [4.69, 9.17) is 9.47 Å². The summed E-state index contributed by atoms with van der Waals surface area (Å²) in [6.45, 7) is 5.22. The van der Waals surface area contributed by atoms with E-state index in [1.54, 1.807) is 12.2 Å². The van der Waals surface area contributed by atoms with Crippen LogP contribution in [0.3, 0.4) is 0 Å². The molecule has 0 aromatic rings. The van der Waals surface area contributed by atoms with Crippen LogP contribution in [-0.4, -0.2) is 37.2 Å². The lowest BCUT2D eigenvalue weighted by molar-refractivity contribution is -0.159. The maximum Gasteiger partial charge on any atom is 0.309 e. The van der Waals surface area contributed by atoms with Crippen molar-refractivity contribution in [2.75, 3.05) is 13.7 Å². The van der Waals surface area contributed by atoms with E-state index in [1.807, 2.05) is 12.2 Å². The molecule has 0 aromatic heterocycles. The summed E-state index contributed by atoms with van der Waals surface area (Å²) in [6.07, 6.45) is 10.3. The van der Waals surface area contributed by atoms with Crippen molar-refractivity contribution in [1.29, 1.82) is 0 Å². The lowest BCUT2D eigenvalue weighted by atomic mass is 9.44. The molecule has 0 aliphatic heterocycles. The SMILES string of the molecule is COC(=O)C1CC2(C)C(C(=O)COC(C)=O)=CCC2C2CCC3=CC(=O)C=CC3(C)C12. The first-order valence-corrected chi connectivity index (χ1v) is 11.0. The number of allylic oxidation sites excluding steroid dienone is 5. The van der Waals surface area contributed by atoms with E-state index in [9.17, 15) is 19.2 Å². The second-order valence-corrected chi connectivity index (χ2v) is 9.83. The second kappa shape index (κ2) is 7.57. The third-order valence-corrected chi connectivity index (χ3v) is 8.32. The monoisotopic (exact) mass is 426 g/mol. The summed E-state index contributed by atoms with van der Waals surface area (Å²) in [5, 5.41) is 0. The number of esters is 2. The molecule has 0 aromatic carbocycles. The van der Waals surface area contributed by atoms with Crippen molar-refractivity contribution in [2.45, 2.75) is 46.5 Å². The first-order valence-electron chi connectivity index (χ1n) is 11.0. The van der Waals surface area contributed by atoms with E-state index in [2.05, 4.69) is 13.8 Å². The molecule has 6 unspecified atom stereocenters. The quantitative estimate of drug-likeness (QED) is 0.641. The van der Waals surface area contributed by atoms with Crippen LogP contribution in [0.15, 0.2) is 35.5 Å². The Hall–Kier alpha value is -2.50. The Morgan fingerprint density at radius 2 is 1.97 bits per heavy atom. The second-order valence-electron chi connectivity index (χ2n) is 9.83. The molecule has 6 heteroatoms. The van der Waals surface area contributed by atoms with Gasteiger partial charge in [0.2, 0.25) is 0 Å². The summed E-state index contributed by atoms with van der Waals surface area (Å²) >= 11 is 0. The molecule has 6 nitrogen and oxygen atoms in total. The van der Waals surface area contributed by atoms with Gasteiger partial charge in [0.15, 0.2) is 18.2 Å². The number of ketones is 2. The average Bonchev–Trinajstić information content (AvgIpc) is 3.08. The molecular weight excluding hydrogens is 396 g/mol. The van der Waals surface area contributed by atoms with Gasteiger partial charge in [0.1, 0.15) is 0 Å². The van der Waals surface area contributed by atoms with Gasteiger partial charge in [-0.15, -0.1) is 0 Å². The molecule has 2 saturated carbocycles. The molecule has 0 heterocycles. The molecule has 0 amide bonds. The van der Waals surface area contributed by atoms with Gasteiger partial charge in [-0.1, -0.05) is 31.6 Å². The Labute approximate surface area is 182 Å². The molecule has 166 valence electrons. The average molecular weight is 427 g/mol. The van der Waals surface area contributed by atoms with E-state index < -0.39 is 11.4 Å². The van der Waals surface area contributed by atoms with E-state index in [0.29, 0.717) is 12.0 Å². The highest BCUT2D eigenvalue weighted by Crippen LogP contribution is 2.66. The third-order valence-electron chi connectivity index (χ3n) is 8.32. The van der Waals surface area contributed by atoms with Gasteiger partial charge in [-0.25, -0.2) is 0 Å². The van der Waals surface area contributed by atoms with Crippen molar-refractivity contribution in [1.82, 2.24) is 0 Å². The number of hydrogen-bond donors (Lipinski definition) is 0. The largest absolute Gasteiger partial charge is 0.469 e. The lowest BCUT2D eigenvalue weighted by Crippen LogP contribution is -2.55. The molecule has 0 radical (unpaired) electrons. The summed E-state index contributed by atoms with van der Waals surface area (Å²) < 4.78 is 10.2. The van der Waals surface area contributed by atoms with Gasteiger partial charge in [-0.3, -0.25) is 19.2 Å². The van der Waals surface area contributed by atoms with Gasteiger partial charge >= 0.3 is 11.9 Å². The summed E-state index contributed by atoms with van der Waals surface area (Å²) in [7, 11) is 1.41. The first kappa shape index (κ1) is 21.7. The van der Waals surface area contributed by atoms with E-state index in [0.717, 1.165) is 24.8 Å². The van der Waals surface area contributed by atoms with Crippen molar-refractivity contribution >= 4 is 23.5 Å². The predicted molar refractivity (Wildman–Crippen MR) is 113 cm³/mol. The lowest BCUT2D eigenvalue weighted by Gasteiger charge is -2.58. The summed E-state index contributed by atoms with van der Waals surface area (Å²) in [5.74, 6) is -0.860. The Bertz CT molecular complexity index is 940. The number of hydrogen-bond acceptors (Lipinski definition) is 6. The highest BCUT2D eigenvalue weighted by molar-refractivity contribution is 6.01. The highest BCUT2D eigenvalue weighted by Gasteiger charge is 2.62. The van der Waals surface area contributed by atoms with Gasteiger partial charge in [-0.2, -0.15) is 0 Å². The zero-order valence-electron chi connectivity index (χ0n) is 18.6. The molecule has 4 rings (SSSR count). The smallest absolute Gasteiger partial charge is 0.309 e. The number of carbonyl (C=O) groups excluding carboxylic acids is 4. The topological polar surface area (TPSA) is 86.7 Å². The van der Waals surface area contributed by atoms with Gasteiger partial charge in [0.25, 0.3) is 0 Å². The number of Topliss-reactive ketones (excluding diaryl/α,β-unsaturated/α-hetero) is 1. The van der Waals surface area contributed by atoms with Crippen LogP contribution in [0.5, 0.6) is 0 Å². The predicted octanol–water partition coefficient (Wildman–Crippen LogP) is 3.36. The van der Waals surface area contributed by atoms with Crippen LogP contribution in [0.1, 0.15) is 46.5 Å². The standard InChI is InChI=1S/C25H30O6/c1-14(26)31-13-21(28)20-8-7-19-17-6-5-15-11-16(27)9-10-24(15,2)22(17)18(23(29)30-4)12-25(19,20)3/h8-11,17-19,22H,5-7,12-13H2,1-4H3. The van der Waals surface area contributed by atoms with E-state index in [-0.39, 0.29) is 53.2 Å². The van der Waals surface area contributed by atoms with Crippen molar-refractivity contribution < 1.29 is 28.7 Å². The zero-order chi connectivity index (χ0) is 22.6. The Morgan fingerprint density at radius 1 is 1.23 bits per heavy atom. The van der Waals surface area contributed by atoms with E-state index in [1.165, 1.54) is 14.0 Å². The van der Waals surface area contributed by atoms with Crippen LogP contribution in [0, 0.1) is 34.5 Å². The van der Waals surface area contributed by atoms with Crippen molar-refractivity contribution in [3.63, 3.8) is 0 Å². The molecule has 4 aliphatic carbocycles. The number of rotatable bonds is 4. The molecule has 0 saturated heterocycles. The first-order chi connectivity index (χ1) is 14.6. The van der Waals surface area contributed by atoms with Crippen molar-refractivity contribution in [3.8, 4) is 0 Å². The molecular formula is C25H30O6. The molecule has 31 heavy (non-hydrogen) atoms. The van der Waals surface area contributed by atoms with Crippen LogP contribution in [0.4, 0.5) is 0 Å². The fourth-order valence-electron chi connectivity index (χ4n) is 7.01. The summed E-state index contributed by atoms with van der Waals surface area (Å²) in [6, 6.07) is 0. The number of carbonyl (C=O) groups is 4. The number of fused-ring (bicyclic) bond motifs is 5. The summed E-state index contributed by atoms with van der Waals surface area (Å²) in [4.78, 5) is 49.2. The normalized spacial score (nSPS) is 38.3. The highest BCUT2D eigenvalue weighted by atomic mass is 16.5. The van der Waals surface area contributed by atoms with Gasteiger partial charge in [-0.05, 0) is 55.6 Å². The van der Waals surface area contributed by atoms with Crippen molar-refractivity contribution in [2.24, 2.45) is 34.5 Å². The fourth-order valence-corrected chi connectivity index (χ4v) is 7.01. The van der Waals surface area contributed by atoms with Crippen LogP contribution < -0.4 is 0 Å². The van der Waals surface area contributed by atoms with Crippen LogP contribution in [0.25, 0.3) is 0 Å². The van der Waals surface area contributed by atoms with Gasteiger partial charge in [0.05, 0.1) is 13.0 Å².